The van der Waals surface area contributed by atoms with Crippen LogP contribution in [0.1, 0.15) is 52.0 Å². The quantitative estimate of drug-likeness (QED) is 0.0458. The minimum absolute atomic E-state index is 0.0134. The van der Waals surface area contributed by atoms with E-state index in [4.69, 9.17) is 50.6 Å². The number of hydrogen-bond acceptors (Lipinski definition) is 18. The molecular formula is C73H86N16O4. The molecule has 0 aromatic heterocycles. The van der Waals surface area contributed by atoms with Crippen LogP contribution < -0.4 is 91.5 Å². The average Bonchev–Trinajstić information content (AvgIpc) is 0.977. The van der Waals surface area contributed by atoms with E-state index in [1.165, 1.54) is 0 Å². The highest BCUT2D eigenvalue weighted by Gasteiger charge is 2.29. The van der Waals surface area contributed by atoms with E-state index in [1.807, 2.05) is 140 Å². The Balaban J connectivity index is 0.000000181. The van der Waals surface area contributed by atoms with Gasteiger partial charge in [-0.3, -0.25) is 9.59 Å². The van der Waals surface area contributed by atoms with E-state index in [0.29, 0.717) is 34.7 Å². The van der Waals surface area contributed by atoms with Crippen molar-refractivity contribution in [2.75, 3.05) is 93.2 Å². The van der Waals surface area contributed by atoms with Gasteiger partial charge < -0.3 is 96.6 Å². The molecule has 4 heterocycles. The highest BCUT2D eigenvalue weighted by atomic mass is 16.5. The third-order valence-electron chi connectivity index (χ3n) is 17.7. The molecule has 4 aliphatic heterocycles. The second-order valence-electron chi connectivity index (χ2n) is 25.6. The number of phenols is 1. The Labute approximate surface area is 543 Å². The minimum atomic E-state index is -0.378. The van der Waals surface area contributed by atoms with Crippen molar-refractivity contribution in [3.05, 3.63) is 205 Å². The zero-order valence-electron chi connectivity index (χ0n) is 52.3. The lowest BCUT2D eigenvalue weighted by atomic mass is 10.00. The summed E-state index contributed by atoms with van der Waals surface area (Å²) < 4.78 is 6.31. The van der Waals surface area contributed by atoms with Gasteiger partial charge in [0, 0.05) is 168 Å². The number of aromatic hydroxyl groups is 1. The summed E-state index contributed by atoms with van der Waals surface area (Å²) in [6.07, 6.45) is 3.23. The summed E-state index contributed by atoms with van der Waals surface area (Å²) in [6.45, 7) is 6.23. The third-order valence-corrected chi connectivity index (χ3v) is 17.7. The van der Waals surface area contributed by atoms with Gasteiger partial charge >= 0.3 is 0 Å². The van der Waals surface area contributed by atoms with Gasteiger partial charge in [-0.2, -0.15) is 0 Å². The van der Waals surface area contributed by atoms with Crippen LogP contribution in [-0.4, -0.2) is 118 Å². The molecule has 9 aromatic rings. The highest BCUT2D eigenvalue weighted by Crippen LogP contribution is 2.37. The fourth-order valence-electron chi connectivity index (χ4n) is 13.4. The Morgan fingerprint density at radius 1 is 0.376 bits per heavy atom. The SMILES string of the molecule is NC1CC(N)CN(c2cc(Nc3ccc(NC(=O)c4ccc5ccccc5c4O)cc3)cc(N3CC(N)CC(N)C3)c2)C1.NC1CC(N)CN(c2cc(Nc3ccc(NC(=O)c4ccc5ccccc5c4OCc4ccccc4)cc3)cc(N3CC(N)CC(N)C3)c2)C1. The van der Waals surface area contributed by atoms with Crippen LogP contribution in [0.3, 0.4) is 0 Å². The van der Waals surface area contributed by atoms with Gasteiger partial charge in [-0.15, -0.1) is 0 Å². The molecule has 0 saturated carbocycles. The van der Waals surface area contributed by atoms with Crippen LogP contribution in [0.15, 0.2) is 188 Å². The van der Waals surface area contributed by atoms with Gasteiger partial charge in [0.05, 0.1) is 11.1 Å². The van der Waals surface area contributed by atoms with E-state index < -0.39 is 0 Å². The molecule has 2 amide bonds. The number of amides is 2. The molecule has 20 heteroatoms. The number of nitrogens with zero attached hydrogens (tertiary/aromatic N) is 4. The van der Waals surface area contributed by atoms with Crippen molar-refractivity contribution in [1.82, 2.24) is 0 Å². The molecule has 8 unspecified atom stereocenters. The number of piperidine rings is 4. The van der Waals surface area contributed by atoms with E-state index in [1.54, 1.807) is 12.1 Å². The molecule has 0 aliphatic carbocycles. The molecule has 4 aliphatic rings. The number of rotatable bonds is 15. The molecule has 482 valence electrons. The lowest BCUT2D eigenvalue weighted by molar-refractivity contribution is 0.101. The number of nitrogens with two attached hydrogens (primary N) is 8. The number of carbonyl (C=O) groups excluding carboxylic acids is 2. The monoisotopic (exact) mass is 1250 g/mol. The van der Waals surface area contributed by atoms with Gasteiger partial charge in [-0.1, -0.05) is 91.0 Å². The molecule has 93 heavy (non-hydrogen) atoms. The zero-order chi connectivity index (χ0) is 64.7. The fourth-order valence-corrected chi connectivity index (χ4v) is 13.4. The average molecular weight is 1250 g/mol. The second-order valence-corrected chi connectivity index (χ2v) is 25.6. The van der Waals surface area contributed by atoms with Crippen molar-refractivity contribution in [2.45, 2.75) is 80.6 Å². The van der Waals surface area contributed by atoms with Gasteiger partial charge in [0.1, 0.15) is 18.1 Å². The molecular weight excluding hydrogens is 1160 g/mol. The molecule has 0 bridgehead atoms. The molecule has 21 N–H and O–H groups in total. The molecule has 9 aromatic carbocycles. The summed E-state index contributed by atoms with van der Waals surface area (Å²) >= 11 is 0. The third kappa shape index (κ3) is 15.9. The first-order valence-electron chi connectivity index (χ1n) is 32.1. The van der Waals surface area contributed by atoms with E-state index >= 15 is 0 Å². The summed E-state index contributed by atoms with van der Waals surface area (Å²) in [5, 5.41) is 27.1. The summed E-state index contributed by atoms with van der Waals surface area (Å²) in [5.74, 6) is -0.0922. The van der Waals surface area contributed by atoms with Crippen LogP contribution in [0, 0.1) is 0 Å². The Morgan fingerprint density at radius 2 is 0.710 bits per heavy atom. The Morgan fingerprint density at radius 3 is 1.12 bits per heavy atom. The van der Waals surface area contributed by atoms with Gasteiger partial charge in [-0.05, 0) is 139 Å². The van der Waals surface area contributed by atoms with E-state index in [0.717, 1.165) is 145 Å². The van der Waals surface area contributed by atoms with Crippen LogP contribution in [0.25, 0.3) is 21.5 Å². The predicted octanol–water partition coefficient (Wildman–Crippen LogP) is 8.41. The first-order valence-corrected chi connectivity index (χ1v) is 32.1. The Bertz CT molecular complexity index is 3940. The number of nitrogens with one attached hydrogen (secondary N) is 4. The second kappa shape index (κ2) is 28.6. The number of carbonyl (C=O) groups is 2. The highest BCUT2D eigenvalue weighted by molar-refractivity contribution is 6.11. The lowest BCUT2D eigenvalue weighted by Gasteiger charge is -2.39. The largest absolute Gasteiger partial charge is 0.506 e. The lowest BCUT2D eigenvalue weighted by Crippen LogP contribution is -2.53. The Kier molecular flexibility index (Phi) is 19.6. The first kappa shape index (κ1) is 63.7. The molecule has 0 spiro atoms. The zero-order valence-corrected chi connectivity index (χ0v) is 52.3. The molecule has 8 atom stereocenters. The van der Waals surface area contributed by atoms with Crippen molar-refractivity contribution in [3.63, 3.8) is 0 Å². The number of hydrogen-bond donors (Lipinski definition) is 13. The van der Waals surface area contributed by atoms with Crippen LogP contribution in [-0.2, 0) is 6.61 Å². The maximum Gasteiger partial charge on any atom is 0.259 e. The van der Waals surface area contributed by atoms with Crippen LogP contribution in [0.4, 0.5) is 56.9 Å². The maximum absolute atomic E-state index is 13.7. The number of ether oxygens (including phenoxy) is 1. The fraction of sp³-hybridized carbons (Fsp3) is 0.288. The van der Waals surface area contributed by atoms with E-state index in [-0.39, 0.29) is 71.5 Å². The molecule has 0 radical (unpaired) electrons. The molecule has 4 saturated heterocycles. The maximum atomic E-state index is 13.7. The van der Waals surface area contributed by atoms with Crippen molar-refractivity contribution in [1.29, 1.82) is 0 Å². The topological polar surface area (TPSA) is 333 Å². The smallest absolute Gasteiger partial charge is 0.259 e. The minimum Gasteiger partial charge on any atom is -0.506 e. The standard InChI is InChI=1S/C40H46N8O2.C33H40N8O2/c41-28-16-29(42)22-47(21-28)35-18-34(19-36(20-35)48-23-30(43)17-31(44)24-48)45-32-11-13-33(14-12-32)46-40(49)38-15-10-27-8-4-5-9-37(27)39(38)50-25-26-6-2-1-3-7-26;34-21-11-22(35)17-40(16-21)28-13-27(14-29(15-28)41-18-23(36)12-24(37)19-41)38-25-6-8-26(9-7-25)39-33(43)31-10-5-20-3-1-2-4-30(20)32(31)42/h1-15,18-20,28-31,45H,16-17,21-25,41-44H2,(H,46,49);1-10,13-15,21-24,38,42H,11-12,16-19,34-37H2,(H,39,43). The Hall–Kier alpha value is -9.48. The summed E-state index contributed by atoms with van der Waals surface area (Å²) in [5.41, 5.74) is 61.5. The first-order chi connectivity index (χ1) is 45.0. The summed E-state index contributed by atoms with van der Waals surface area (Å²) in [6, 6.07) is 60.6. The van der Waals surface area contributed by atoms with Crippen molar-refractivity contribution in [2.24, 2.45) is 45.9 Å². The van der Waals surface area contributed by atoms with Gasteiger partial charge in [0.2, 0.25) is 0 Å². The summed E-state index contributed by atoms with van der Waals surface area (Å²) in [7, 11) is 0. The number of phenolic OH excluding ortho intramolecular Hbond substituents is 1. The van der Waals surface area contributed by atoms with Crippen LogP contribution in [0.2, 0.25) is 0 Å². The normalized spacial score (nSPS) is 21.5. The van der Waals surface area contributed by atoms with Crippen molar-refractivity contribution >= 4 is 90.2 Å². The van der Waals surface area contributed by atoms with Crippen molar-refractivity contribution < 1.29 is 19.4 Å². The molecule has 4 fully saturated rings. The van der Waals surface area contributed by atoms with Crippen LogP contribution in [0.5, 0.6) is 11.5 Å². The molecule has 13 rings (SSSR count). The molecule has 20 nitrogen and oxygen atoms in total. The van der Waals surface area contributed by atoms with Gasteiger partial charge in [0.15, 0.2) is 0 Å². The summed E-state index contributed by atoms with van der Waals surface area (Å²) in [4.78, 5) is 35.7. The van der Waals surface area contributed by atoms with Crippen LogP contribution >= 0.6 is 0 Å². The van der Waals surface area contributed by atoms with E-state index in [2.05, 4.69) is 77.3 Å². The number of fused-ring (bicyclic) bond motifs is 2. The number of anilines is 10. The number of benzene rings is 9. The van der Waals surface area contributed by atoms with Crippen molar-refractivity contribution in [3.8, 4) is 11.5 Å². The van der Waals surface area contributed by atoms with Gasteiger partial charge in [0.25, 0.3) is 11.8 Å². The van der Waals surface area contributed by atoms with Gasteiger partial charge in [-0.25, -0.2) is 0 Å². The predicted molar refractivity (Wildman–Crippen MR) is 380 cm³/mol. The van der Waals surface area contributed by atoms with E-state index in [9.17, 15) is 14.7 Å².